The minimum absolute atomic E-state index is 0.119. The van der Waals surface area contributed by atoms with Gasteiger partial charge in [-0.3, -0.25) is 4.79 Å². The lowest BCUT2D eigenvalue weighted by Crippen LogP contribution is -2.20. The molecular formula is C25H27BrN2O4. The second kappa shape index (κ2) is 11.5. The van der Waals surface area contributed by atoms with E-state index in [0.717, 1.165) is 39.1 Å². The fourth-order valence-corrected chi connectivity index (χ4v) is 3.51. The van der Waals surface area contributed by atoms with Crippen molar-refractivity contribution >= 4 is 27.5 Å². The topological polar surface area (TPSA) is 68.8 Å². The van der Waals surface area contributed by atoms with Gasteiger partial charge >= 0.3 is 0 Å². The normalized spacial score (nSPS) is 10.5. The first-order valence-electron chi connectivity index (χ1n) is 10.2. The van der Waals surface area contributed by atoms with Crippen LogP contribution in [0.4, 0.5) is 5.69 Å². The fraction of sp³-hybridized carbons (Fsp3) is 0.240. The molecule has 32 heavy (non-hydrogen) atoms. The Labute approximate surface area is 197 Å². The van der Waals surface area contributed by atoms with E-state index in [0.29, 0.717) is 18.0 Å². The molecule has 0 aliphatic carbocycles. The molecule has 0 fully saturated rings. The van der Waals surface area contributed by atoms with Gasteiger partial charge in [0.25, 0.3) is 5.91 Å². The van der Waals surface area contributed by atoms with Crippen LogP contribution in [0, 0.1) is 6.92 Å². The molecule has 0 spiro atoms. The molecule has 0 bridgehead atoms. The van der Waals surface area contributed by atoms with E-state index >= 15 is 0 Å². The molecule has 0 saturated carbocycles. The Morgan fingerprint density at radius 3 is 2.28 bits per heavy atom. The van der Waals surface area contributed by atoms with E-state index in [4.69, 9.17) is 14.2 Å². The van der Waals surface area contributed by atoms with Gasteiger partial charge in [0.2, 0.25) is 0 Å². The first-order chi connectivity index (χ1) is 15.5. The molecule has 3 rings (SSSR count). The molecule has 1 amide bonds. The number of ether oxygens (including phenoxy) is 3. The molecule has 0 aliphatic rings. The monoisotopic (exact) mass is 498 g/mol. The first-order valence-corrected chi connectivity index (χ1v) is 11.0. The molecule has 6 nitrogen and oxygen atoms in total. The molecule has 0 radical (unpaired) electrons. The lowest BCUT2D eigenvalue weighted by molar-refractivity contribution is -0.118. The van der Waals surface area contributed by atoms with Gasteiger partial charge in [0, 0.05) is 23.2 Å². The van der Waals surface area contributed by atoms with Gasteiger partial charge in [-0.1, -0.05) is 45.8 Å². The van der Waals surface area contributed by atoms with Crippen molar-refractivity contribution in [3.05, 3.63) is 81.8 Å². The molecule has 3 aromatic carbocycles. The zero-order chi connectivity index (χ0) is 22.9. The van der Waals surface area contributed by atoms with E-state index in [9.17, 15) is 4.79 Å². The van der Waals surface area contributed by atoms with Gasteiger partial charge < -0.3 is 24.8 Å². The van der Waals surface area contributed by atoms with Gasteiger partial charge in [-0.25, -0.2) is 0 Å². The van der Waals surface area contributed by atoms with Gasteiger partial charge in [0.15, 0.2) is 18.1 Å². The Bertz CT molecular complexity index is 1040. The van der Waals surface area contributed by atoms with Gasteiger partial charge in [0.05, 0.1) is 14.2 Å². The summed E-state index contributed by atoms with van der Waals surface area (Å²) >= 11 is 3.59. The van der Waals surface area contributed by atoms with Crippen LogP contribution in [0.2, 0.25) is 0 Å². The summed E-state index contributed by atoms with van der Waals surface area (Å²) in [4.78, 5) is 12.2. The van der Waals surface area contributed by atoms with Crippen LogP contribution in [0.25, 0.3) is 0 Å². The number of methoxy groups -OCH3 is 2. The lowest BCUT2D eigenvalue weighted by Gasteiger charge is -2.15. The fourth-order valence-electron chi connectivity index (χ4n) is 3.05. The van der Waals surface area contributed by atoms with E-state index in [-0.39, 0.29) is 12.5 Å². The third-order valence-electron chi connectivity index (χ3n) is 4.83. The number of nitrogens with one attached hydrogen (secondary N) is 2. The highest BCUT2D eigenvalue weighted by atomic mass is 79.9. The van der Waals surface area contributed by atoms with E-state index in [1.807, 2.05) is 67.6 Å². The van der Waals surface area contributed by atoms with Crippen LogP contribution in [0.1, 0.15) is 16.7 Å². The van der Waals surface area contributed by atoms with Gasteiger partial charge in [-0.05, 0) is 54.4 Å². The highest BCUT2D eigenvalue weighted by Gasteiger charge is 2.12. The molecule has 0 unspecified atom stereocenters. The second-order valence-electron chi connectivity index (χ2n) is 7.25. The Morgan fingerprint density at radius 1 is 0.906 bits per heavy atom. The summed E-state index contributed by atoms with van der Waals surface area (Å²) in [5.74, 6) is 1.66. The van der Waals surface area contributed by atoms with Gasteiger partial charge in [-0.2, -0.15) is 0 Å². The summed E-state index contributed by atoms with van der Waals surface area (Å²) in [5, 5.41) is 6.24. The van der Waals surface area contributed by atoms with Gasteiger partial charge in [0.1, 0.15) is 5.75 Å². The predicted octanol–water partition coefficient (Wildman–Crippen LogP) is 5.08. The average molecular weight is 499 g/mol. The van der Waals surface area contributed by atoms with E-state index in [1.54, 1.807) is 14.2 Å². The van der Waals surface area contributed by atoms with Crippen molar-refractivity contribution in [3.8, 4) is 17.2 Å². The number of carbonyl (C=O) groups excluding carboxylic acids is 1. The van der Waals surface area contributed by atoms with Crippen LogP contribution >= 0.6 is 15.9 Å². The first kappa shape index (κ1) is 23.6. The number of hydrogen-bond acceptors (Lipinski definition) is 5. The number of aryl methyl sites for hydroxylation is 1. The second-order valence-corrected chi connectivity index (χ2v) is 8.10. The molecule has 0 aromatic heterocycles. The van der Waals surface area contributed by atoms with Crippen molar-refractivity contribution < 1.29 is 19.0 Å². The Hall–Kier alpha value is -3.03. The predicted molar refractivity (Wildman–Crippen MR) is 130 cm³/mol. The number of amides is 1. The Balaban J connectivity index is 1.56. The summed E-state index contributed by atoms with van der Waals surface area (Å²) < 4.78 is 17.2. The molecule has 7 heteroatoms. The smallest absolute Gasteiger partial charge is 0.262 e. The maximum absolute atomic E-state index is 12.2. The van der Waals surface area contributed by atoms with Gasteiger partial charge in [-0.15, -0.1) is 0 Å². The molecule has 2 N–H and O–H groups in total. The number of halogens is 1. The highest BCUT2D eigenvalue weighted by molar-refractivity contribution is 9.10. The number of anilines is 1. The van der Waals surface area contributed by atoms with Crippen LogP contribution in [0.15, 0.2) is 65.1 Å². The van der Waals surface area contributed by atoms with Crippen molar-refractivity contribution in [1.82, 2.24) is 5.32 Å². The van der Waals surface area contributed by atoms with Crippen LogP contribution in [0.3, 0.4) is 0 Å². The SMILES string of the molecule is COc1ccc(CNCc2cc(OC)c(OCC(=O)Nc3ccc(C)cc3)cc2Br)cc1. The zero-order valence-corrected chi connectivity index (χ0v) is 20.0. The Morgan fingerprint density at radius 2 is 1.62 bits per heavy atom. The van der Waals surface area contributed by atoms with Crippen molar-refractivity contribution in [1.29, 1.82) is 0 Å². The molecule has 0 saturated heterocycles. The summed E-state index contributed by atoms with van der Waals surface area (Å²) in [6.45, 7) is 3.23. The summed E-state index contributed by atoms with van der Waals surface area (Å²) in [6.07, 6.45) is 0. The summed E-state index contributed by atoms with van der Waals surface area (Å²) in [5.41, 5.74) is 4.04. The number of rotatable bonds is 10. The van der Waals surface area contributed by atoms with E-state index in [2.05, 4.69) is 26.6 Å². The molecule has 3 aromatic rings. The van der Waals surface area contributed by atoms with Crippen LogP contribution in [-0.2, 0) is 17.9 Å². The molecule has 168 valence electrons. The van der Waals surface area contributed by atoms with Crippen LogP contribution < -0.4 is 24.8 Å². The third-order valence-corrected chi connectivity index (χ3v) is 5.57. The van der Waals surface area contributed by atoms with Crippen molar-refractivity contribution in [2.45, 2.75) is 20.0 Å². The number of benzene rings is 3. The molecule has 0 atom stereocenters. The van der Waals surface area contributed by atoms with Crippen molar-refractivity contribution in [2.75, 3.05) is 26.1 Å². The minimum atomic E-state index is -0.239. The standard InChI is InChI=1S/C25H27BrN2O4/c1-17-4-8-20(9-5-17)28-25(29)16-32-24-13-22(26)19(12-23(24)31-3)15-27-14-18-6-10-21(30-2)11-7-18/h4-13,27H,14-16H2,1-3H3,(H,28,29). The maximum atomic E-state index is 12.2. The molecule has 0 aliphatic heterocycles. The quantitative estimate of drug-likeness (QED) is 0.407. The number of carbonyl (C=O) groups is 1. The average Bonchev–Trinajstić information content (AvgIpc) is 2.80. The summed E-state index contributed by atoms with van der Waals surface area (Å²) in [7, 11) is 3.24. The lowest BCUT2D eigenvalue weighted by atomic mass is 10.1. The molecular weight excluding hydrogens is 472 g/mol. The maximum Gasteiger partial charge on any atom is 0.262 e. The minimum Gasteiger partial charge on any atom is -0.497 e. The zero-order valence-electron chi connectivity index (χ0n) is 18.4. The van der Waals surface area contributed by atoms with Crippen molar-refractivity contribution in [2.24, 2.45) is 0 Å². The number of hydrogen-bond donors (Lipinski definition) is 2. The van der Waals surface area contributed by atoms with Crippen molar-refractivity contribution in [3.63, 3.8) is 0 Å². The van der Waals surface area contributed by atoms with Crippen LogP contribution in [0.5, 0.6) is 17.2 Å². The van der Waals surface area contributed by atoms with E-state index in [1.165, 1.54) is 0 Å². The Kier molecular flexibility index (Phi) is 8.53. The third kappa shape index (κ3) is 6.73. The highest BCUT2D eigenvalue weighted by Crippen LogP contribution is 2.33. The largest absolute Gasteiger partial charge is 0.497 e. The van der Waals surface area contributed by atoms with E-state index < -0.39 is 0 Å². The summed E-state index contributed by atoms with van der Waals surface area (Å²) in [6, 6.07) is 19.3. The molecule has 0 heterocycles. The van der Waals surface area contributed by atoms with Crippen LogP contribution in [-0.4, -0.2) is 26.7 Å².